The van der Waals surface area contributed by atoms with Crippen molar-refractivity contribution in [2.24, 2.45) is 4.99 Å². The first-order valence-corrected chi connectivity index (χ1v) is 13.0. The number of H-pyrrole nitrogens is 1. The third-order valence-corrected chi connectivity index (χ3v) is 6.85. The molecule has 2 aromatic carbocycles. The number of likely N-dealkylation sites (tertiary alicyclic amines) is 1. The summed E-state index contributed by atoms with van der Waals surface area (Å²) in [5.74, 6) is -0.280. The molecule has 1 saturated heterocycles. The zero-order valence-electron chi connectivity index (χ0n) is 21.7. The number of aliphatic imine (C=N–C) groups is 1. The molecule has 0 radical (unpaired) electrons. The Labute approximate surface area is 223 Å². The van der Waals surface area contributed by atoms with Gasteiger partial charge in [0, 0.05) is 36.8 Å². The Morgan fingerprint density at radius 3 is 2.66 bits per heavy atom. The average Bonchev–Trinajstić information content (AvgIpc) is 3.38. The smallest absolute Gasteiger partial charge is 0.276 e. The maximum Gasteiger partial charge on any atom is 0.276 e. The number of allylic oxidation sites excluding steroid dienone is 2. The Morgan fingerprint density at radius 1 is 1.11 bits per heavy atom. The second-order valence-electron chi connectivity index (χ2n) is 9.60. The lowest BCUT2D eigenvalue weighted by Crippen LogP contribution is -2.28. The summed E-state index contributed by atoms with van der Waals surface area (Å²) in [6.45, 7) is 7.78. The minimum absolute atomic E-state index is 0.280. The summed E-state index contributed by atoms with van der Waals surface area (Å²) in [6.07, 6.45) is 10.0. The second-order valence-corrected chi connectivity index (χ2v) is 9.60. The molecule has 38 heavy (non-hydrogen) atoms. The number of carbonyl (C=O) groups is 1. The van der Waals surface area contributed by atoms with E-state index in [-0.39, 0.29) is 5.91 Å². The monoisotopic (exact) mass is 504 g/mol. The molecule has 4 aromatic rings. The van der Waals surface area contributed by atoms with Gasteiger partial charge in [-0.3, -0.25) is 19.9 Å². The molecule has 0 bridgehead atoms. The van der Waals surface area contributed by atoms with Crippen molar-refractivity contribution >= 4 is 34.8 Å². The summed E-state index contributed by atoms with van der Waals surface area (Å²) in [5.41, 5.74) is 7.08. The molecule has 1 amide bonds. The molecule has 0 unspecified atom stereocenters. The maximum absolute atomic E-state index is 13.1. The number of aromatic nitrogens is 3. The van der Waals surface area contributed by atoms with Crippen LogP contribution in [0.4, 0.5) is 5.69 Å². The number of hydrogen-bond acceptors (Lipinski definition) is 5. The summed E-state index contributed by atoms with van der Waals surface area (Å²) >= 11 is 0. The first-order chi connectivity index (χ1) is 18.6. The molecule has 0 atom stereocenters. The van der Waals surface area contributed by atoms with Crippen LogP contribution in [0.15, 0.2) is 89.8 Å². The molecule has 3 heterocycles. The van der Waals surface area contributed by atoms with Crippen molar-refractivity contribution in [3.63, 3.8) is 0 Å². The zero-order valence-corrected chi connectivity index (χ0v) is 21.7. The molecule has 1 aliphatic heterocycles. The summed E-state index contributed by atoms with van der Waals surface area (Å²) in [7, 11) is 0. The lowest BCUT2D eigenvalue weighted by molar-refractivity contribution is 0.102. The average molecular weight is 505 g/mol. The van der Waals surface area contributed by atoms with Crippen molar-refractivity contribution in [2.75, 3.05) is 18.4 Å². The highest BCUT2D eigenvalue weighted by molar-refractivity contribution is 6.11. The lowest BCUT2D eigenvalue weighted by Gasteiger charge is -2.29. The normalized spacial score (nSPS) is 14.5. The van der Waals surface area contributed by atoms with Crippen LogP contribution in [0.2, 0.25) is 0 Å². The van der Waals surface area contributed by atoms with Gasteiger partial charge in [0.05, 0.1) is 23.1 Å². The van der Waals surface area contributed by atoms with E-state index in [1.54, 1.807) is 6.20 Å². The van der Waals surface area contributed by atoms with E-state index >= 15 is 0 Å². The number of pyridine rings is 1. The predicted octanol–water partition coefficient (Wildman–Crippen LogP) is 6.23. The molecule has 0 spiro atoms. The third-order valence-electron chi connectivity index (χ3n) is 6.85. The molecule has 7 nitrogen and oxygen atoms in total. The minimum Gasteiger partial charge on any atom is -0.370 e. The maximum atomic E-state index is 13.1. The van der Waals surface area contributed by atoms with Crippen molar-refractivity contribution in [1.82, 2.24) is 20.1 Å². The van der Waals surface area contributed by atoms with Crippen LogP contribution in [-0.4, -0.2) is 45.8 Å². The van der Waals surface area contributed by atoms with Gasteiger partial charge in [-0.05, 0) is 79.9 Å². The Kier molecular flexibility index (Phi) is 7.73. The van der Waals surface area contributed by atoms with Crippen molar-refractivity contribution in [3.05, 3.63) is 107 Å². The number of piperidine rings is 1. The van der Waals surface area contributed by atoms with Crippen LogP contribution in [0.25, 0.3) is 16.5 Å². The summed E-state index contributed by atoms with van der Waals surface area (Å²) < 4.78 is 0. The molecule has 0 saturated carbocycles. The molecular formula is C31H32N6O. The molecule has 2 aromatic heterocycles. The van der Waals surface area contributed by atoms with Crippen molar-refractivity contribution in [2.45, 2.75) is 32.6 Å². The van der Waals surface area contributed by atoms with Gasteiger partial charge in [-0.25, -0.2) is 0 Å². The highest BCUT2D eigenvalue weighted by atomic mass is 16.1. The number of aromatic amines is 1. The van der Waals surface area contributed by atoms with E-state index < -0.39 is 0 Å². The number of anilines is 1. The number of benzene rings is 2. The highest BCUT2D eigenvalue weighted by Crippen LogP contribution is 2.26. The summed E-state index contributed by atoms with van der Waals surface area (Å²) in [5, 5.41) is 11.0. The van der Waals surface area contributed by atoms with Gasteiger partial charge in [0.1, 0.15) is 0 Å². The van der Waals surface area contributed by atoms with Crippen LogP contribution in [-0.2, 0) is 6.42 Å². The second kappa shape index (κ2) is 11.7. The van der Waals surface area contributed by atoms with Crippen LogP contribution < -0.4 is 5.32 Å². The number of fused-ring (bicyclic) bond motifs is 1. The molecule has 192 valence electrons. The Hall–Kier alpha value is -4.52. The van der Waals surface area contributed by atoms with Gasteiger partial charge in [0.15, 0.2) is 5.69 Å². The van der Waals surface area contributed by atoms with Crippen molar-refractivity contribution in [3.8, 4) is 0 Å². The minimum atomic E-state index is -0.280. The van der Waals surface area contributed by atoms with E-state index in [1.165, 1.54) is 24.8 Å². The van der Waals surface area contributed by atoms with Crippen molar-refractivity contribution in [1.29, 1.82) is 0 Å². The number of rotatable bonds is 8. The van der Waals surface area contributed by atoms with Gasteiger partial charge in [-0.1, -0.05) is 36.4 Å². The van der Waals surface area contributed by atoms with Crippen LogP contribution in [0, 0.1) is 0 Å². The predicted molar refractivity (Wildman–Crippen MR) is 154 cm³/mol. The fourth-order valence-corrected chi connectivity index (χ4v) is 4.79. The van der Waals surface area contributed by atoms with Gasteiger partial charge in [-0.2, -0.15) is 5.10 Å². The number of nitrogens with zero attached hydrogens (tertiary/aromatic N) is 4. The van der Waals surface area contributed by atoms with Gasteiger partial charge in [-0.15, -0.1) is 0 Å². The van der Waals surface area contributed by atoms with Gasteiger partial charge in [0.25, 0.3) is 5.91 Å². The van der Waals surface area contributed by atoms with E-state index in [0.717, 1.165) is 52.9 Å². The molecule has 2 N–H and O–H groups in total. The number of hydrogen-bond donors (Lipinski definition) is 2. The SMILES string of the molecule is C=N/C=C(\C=C(/C)c1ccc2[nH]nc(C(=O)Nc3ccc(Cc4ccccc4)nc3)c2c1)N1CCCCC1. The van der Waals surface area contributed by atoms with Crippen LogP contribution in [0.1, 0.15) is 53.5 Å². The molecule has 1 fully saturated rings. The van der Waals surface area contributed by atoms with Crippen molar-refractivity contribution < 1.29 is 4.79 Å². The van der Waals surface area contributed by atoms with Gasteiger partial charge >= 0.3 is 0 Å². The standard InChI is InChI=1S/C31H32N6O/c1-22(17-27(21-32-2)37-15-7-4-8-16-37)24-11-14-29-28(19-24)30(36-35-29)31(38)34-26-13-12-25(33-20-26)18-23-9-5-3-6-10-23/h3,5-6,9-14,17,19-21H,2,4,7-8,15-16,18H2,1H3,(H,34,38)(H,35,36)/b22-17+,27-21+. The number of amides is 1. The molecule has 5 rings (SSSR count). The molecule has 0 aliphatic carbocycles. The van der Waals surface area contributed by atoms with Gasteiger partial charge in [0.2, 0.25) is 0 Å². The molecule has 7 heteroatoms. The Morgan fingerprint density at radius 2 is 1.92 bits per heavy atom. The molecule has 1 aliphatic rings. The zero-order chi connectivity index (χ0) is 26.3. The fraction of sp³-hybridized carbons (Fsp3) is 0.226. The summed E-state index contributed by atoms with van der Waals surface area (Å²) in [6, 6.07) is 20.0. The van der Waals surface area contributed by atoms with E-state index in [4.69, 9.17) is 0 Å². The van der Waals surface area contributed by atoms with E-state index in [1.807, 2.05) is 54.7 Å². The Balaban J connectivity index is 1.33. The van der Waals surface area contributed by atoms with Crippen LogP contribution in [0.5, 0.6) is 0 Å². The fourth-order valence-electron chi connectivity index (χ4n) is 4.79. The van der Waals surface area contributed by atoms with E-state index in [2.05, 4.69) is 62.2 Å². The number of nitrogens with one attached hydrogen (secondary N) is 2. The Bertz CT molecular complexity index is 1480. The third kappa shape index (κ3) is 5.89. The number of carbonyl (C=O) groups excluding carboxylic acids is 1. The van der Waals surface area contributed by atoms with E-state index in [0.29, 0.717) is 11.4 Å². The van der Waals surface area contributed by atoms with Crippen LogP contribution in [0.3, 0.4) is 0 Å². The summed E-state index contributed by atoms with van der Waals surface area (Å²) in [4.78, 5) is 24.1. The van der Waals surface area contributed by atoms with E-state index in [9.17, 15) is 4.79 Å². The highest BCUT2D eigenvalue weighted by Gasteiger charge is 2.16. The van der Waals surface area contributed by atoms with Gasteiger partial charge < -0.3 is 10.2 Å². The quantitative estimate of drug-likeness (QED) is 0.220. The molecular weight excluding hydrogens is 472 g/mol. The first kappa shape index (κ1) is 25.1. The topological polar surface area (TPSA) is 86.3 Å². The lowest BCUT2D eigenvalue weighted by atomic mass is 10.0. The largest absolute Gasteiger partial charge is 0.370 e. The van der Waals surface area contributed by atoms with Crippen LogP contribution >= 0.6 is 0 Å². The first-order valence-electron chi connectivity index (χ1n) is 13.0.